The molecule has 1 amide bonds. The average molecular weight is 272 g/mol. The van der Waals surface area contributed by atoms with E-state index in [2.05, 4.69) is 13.8 Å². The second-order valence-electron chi connectivity index (χ2n) is 4.80. The summed E-state index contributed by atoms with van der Waals surface area (Å²) in [5.74, 6) is 0.195. The summed E-state index contributed by atoms with van der Waals surface area (Å²) in [6, 6.07) is 0. The summed E-state index contributed by atoms with van der Waals surface area (Å²) in [6.07, 6.45) is 8.81. The van der Waals surface area contributed by atoms with Crippen molar-refractivity contribution in [2.45, 2.75) is 65.2 Å². The Bertz CT molecular complexity index is 244. The fraction of sp³-hybridized carbons (Fsp3) is 0.857. The van der Waals surface area contributed by atoms with Crippen LogP contribution in [0.5, 0.6) is 0 Å². The Morgan fingerprint density at radius 3 is 2.22 bits per heavy atom. The molecule has 0 saturated carbocycles. The fourth-order valence-electron chi connectivity index (χ4n) is 1.96. The minimum Gasteiger partial charge on any atom is -0.392 e. The van der Waals surface area contributed by atoms with Crippen molar-refractivity contribution in [2.24, 2.45) is 5.73 Å². The summed E-state index contributed by atoms with van der Waals surface area (Å²) in [6.45, 7) is 5.45. The van der Waals surface area contributed by atoms with E-state index >= 15 is 0 Å². The lowest BCUT2D eigenvalue weighted by Gasteiger charge is -2.21. The number of carbonyl (C=O) groups is 1. The molecule has 3 nitrogen and oxygen atoms in total. The summed E-state index contributed by atoms with van der Waals surface area (Å²) >= 11 is 4.87. The molecule has 0 bridgehead atoms. The number of rotatable bonds is 11. The third kappa shape index (κ3) is 9.40. The zero-order valence-electron chi connectivity index (χ0n) is 11.9. The Hall–Kier alpha value is -0.640. The van der Waals surface area contributed by atoms with Crippen molar-refractivity contribution in [3.63, 3.8) is 0 Å². The van der Waals surface area contributed by atoms with Gasteiger partial charge in [-0.3, -0.25) is 4.79 Å². The summed E-state index contributed by atoms with van der Waals surface area (Å²) in [7, 11) is 0. The van der Waals surface area contributed by atoms with Gasteiger partial charge in [-0.05, 0) is 12.8 Å². The lowest BCUT2D eigenvalue weighted by atomic mass is 10.1. The minimum absolute atomic E-state index is 0.195. The topological polar surface area (TPSA) is 46.3 Å². The van der Waals surface area contributed by atoms with Crippen molar-refractivity contribution in [2.75, 3.05) is 13.1 Å². The van der Waals surface area contributed by atoms with Crippen LogP contribution in [0.3, 0.4) is 0 Å². The van der Waals surface area contributed by atoms with Crippen LogP contribution in [0, 0.1) is 0 Å². The largest absolute Gasteiger partial charge is 0.392 e. The van der Waals surface area contributed by atoms with Crippen LogP contribution in [0.2, 0.25) is 0 Å². The molecule has 0 atom stereocenters. The molecule has 2 N–H and O–H groups in total. The molecule has 106 valence electrons. The van der Waals surface area contributed by atoms with Gasteiger partial charge in [0, 0.05) is 13.0 Å². The van der Waals surface area contributed by atoms with Crippen LogP contribution in [0.15, 0.2) is 0 Å². The lowest BCUT2D eigenvalue weighted by molar-refractivity contribution is -0.130. The van der Waals surface area contributed by atoms with Crippen LogP contribution < -0.4 is 5.73 Å². The first-order valence-corrected chi connectivity index (χ1v) is 7.58. The number of nitrogens with zero attached hydrogens (tertiary/aromatic N) is 1. The van der Waals surface area contributed by atoms with Crippen molar-refractivity contribution in [3.8, 4) is 0 Å². The molecule has 0 aromatic carbocycles. The highest BCUT2D eigenvalue weighted by Crippen LogP contribution is 2.08. The maximum absolute atomic E-state index is 12.0. The molecule has 0 saturated heterocycles. The fourth-order valence-corrected chi connectivity index (χ4v) is 2.12. The molecule has 0 aromatic heterocycles. The molecule has 0 aliphatic rings. The number of amides is 1. The first kappa shape index (κ1) is 17.4. The van der Waals surface area contributed by atoms with Crippen LogP contribution >= 0.6 is 12.2 Å². The maximum atomic E-state index is 12.0. The van der Waals surface area contributed by atoms with E-state index in [9.17, 15) is 4.79 Å². The van der Waals surface area contributed by atoms with Crippen LogP contribution in [-0.2, 0) is 4.79 Å². The highest BCUT2D eigenvalue weighted by atomic mass is 32.1. The number of carbonyl (C=O) groups excluding carboxylic acids is 1. The SMILES string of the molecule is CCCCCCCCC(=O)N(CCC)CC(N)=S. The summed E-state index contributed by atoms with van der Waals surface area (Å²) < 4.78 is 0. The Labute approximate surface area is 117 Å². The highest BCUT2D eigenvalue weighted by Gasteiger charge is 2.12. The van der Waals surface area contributed by atoms with Crippen molar-refractivity contribution in [3.05, 3.63) is 0 Å². The van der Waals surface area contributed by atoms with Gasteiger partial charge in [0.05, 0.1) is 11.5 Å². The zero-order chi connectivity index (χ0) is 13.8. The Balaban J connectivity index is 3.77. The van der Waals surface area contributed by atoms with Crippen molar-refractivity contribution >= 4 is 23.1 Å². The molecule has 0 radical (unpaired) electrons. The lowest BCUT2D eigenvalue weighted by Crippen LogP contribution is -2.38. The predicted molar refractivity (Wildman–Crippen MR) is 81.6 cm³/mol. The number of hydrogen-bond acceptors (Lipinski definition) is 2. The average Bonchev–Trinajstić information content (AvgIpc) is 2.32. The number of nitrogens with two attached hydrogens (primary N) is 1. The second-order valence-corrected chi connectivity index (χ2v) is 5.32. The summed E-state index contributed by atoms with van der Waals surface area (Å²) in [5, 5.41) is 0. The van der Waals surface area contributed by atoms with Gasteiger partial charge in [-0.25, -0.2) is 0 Å². The van der Waals surface area contributed by atoms with Gasteiger partial charge in [-0.1, -0.05) is 58.2 Å². The molecule has 4 heteroatoms. The van der Waals surface area contributed by atoms with Crippen LogP contribution in [-0.4, -0.2) is 28.9 Å². The smallest absolute Gasteiger partial charge is 0.222 e. The van der Waals surface area contributed by atoms with Gasteiger partial charge in [0.2, 0.25) is 5.91 Å². The normalized spacial score (nSPS) is 10.3. The summed E-state index contributed by atoms with van der Waals surface area (Å²) in [5.41, 5.74) is 5.51. The van der Waals surface area contributed by atoms with E-state index in [-0.39, 0.29) is 5.91 Å². The van der Waals surface area contributed by atoms with Gasteiger partial charge < -0.3 is 10.6 Å². The molecule has 0 aliphatic carbocycles. The number of thiocarbonyl (C=S) groups is 1. The van der Waals surface area contributed by atoms with Crippen molar-refractivity contribution in [1.82, 2.24) is 4.90 Å². The third-order valence-corrected chi connectivity index (χ3v) is 3.07. The highest BCUT2D eigenvalue weighted by molar-refractivity contribution is 7.80. The standard InChI is InChI=1S/C14H28N2OS/c1-3-5-6-7-8-9-10-14(17)16(11-4-2)12-13(15)18/h3-12H2,1-2H3,(H2,15,18). The maximum Gasteiger partial charge on any atom is 0.222 e. The molecule has 0 heterocycles. The zero-order valence-corrected chi connectivity index (χ0v) is 12.7. The predicted octanol–water partition coefficient (Wildman–Crippen LogP) is 3.26. The molecule has 0 spiro atoms. The first-order valence-electron chi connectivity index (χ1n) is 7.17. The van der Waals surface area contributed by atoms with Crippen molar-refractivity contribution < 1.29 is 4.79 Å². The van der Waals surface area contributed by atoms with Gasteiger partial charge in [-0.2, -0.15) is 0 Å². The summed E-state index contributed by atoms with van der Waals surface area (Å²) in [4.78, 5) is 14.2. The number of unbranched alkanes of at least 4 members (excludes halogenated alkanes) is 5. The van der Waals surface area contributed by atoms with Gasteiger partial charge in [0.15, 0.2) is 0 Å². The monoisotopic (exact) mass is 272 g/mol. The minimum atomic E-state index is 0.195. The van der Waals surface area contributed by atoms with Crippen LogP contribution in [0.1, 0.15) is 65.2 Å². The molecule has 0 aromatic rings. The van der Waals surface area contributed by atoms with Crippen LogP contribution in [0.25, 0.3) is 0 Å². The van der Waals surface area contributed by atoms with Crippen molar-refractivity contribution in [1.29, 1.82) is 0 Å². The van der Waals surface area contributed by atoms with Gasteiger partial charge in [0.25, 0.3) is 0 Å². The van der Waals surface area contributed by atoms with E-state index in [0.717, 1.165) is 25.8 Å². The molecule has 0 fully saturated rings. The van der Waals surface area contributed by atoms with E-state index in [1.807, 2.05) is 0 Å². The van der Waals surface area contributed by atoms with Gasteiger partial charge in [0.1, 0.15) is 0 Å². The number of hydrogen-bond donors (Lipinski definition) is 1. The molecular weight excluding hydrogens is 244 g/mol. The Kier molecular flexibility index (Phi) is 11.0. The van der Waals surface area contributed by atoms with E-state index in [1.54, 1.807) is 4.90 Å². The van der Waals surface area contributed by atoms with E-state index < -0.39 is 0 Å². The molecule has 0 rings (SSSR count). The Morgan fingerprint density at radius 2 is 1.67 bits per heavy atom. The third-order valence-electron chi connectivity index (χ3n) is 2.94. The van der Waals surface area contributed by atoms with E-state index in [4.69, 9.17) is 18.0 Å². The molecular formula is C14H28N2OS. The Morgan fingerprint density at radius 1 is 1.06 bits per heavy atom. The molecule has 18 heavy (non-hydrogen) atoms. The van der Waals surface area contributed by atoms with E-state index in [1.165, 1.54) is 25.7 Å². The van der Waals surface area contributed by atoms with Gasteiger partial charge >= 0.3 is 0 Å². The quantitative estimate of drug-likeness (QED) is 0.464. The molecule has 0 unspecified atom stereocenters. The first-order chi connectivity index (χ1) is 8.61. The van der Waals surface area contributed by atoms with Crippen LogP contribution in [0.4, 0.5) is 0 Å². The van der Waals surface area contributed by atoms with E-state index in [0.29, 0.717) is 18.0 Å². The molecule has 0 aliphatic heterocycles. The van der Waals surface area contributed by atoms with Gasteiger partial charge in [-0.15, -0.1) is 0 Å². The second kappa shape index (κ2) is 11.5.